The Bertz CT molecular complexity index is 980. The Morgan fingerprint density at radius 2 is 1.52 bits per heavy atom. The van der Waals surface area contributed by atoms with Crippen molar-refractivity contribution in [2.24, 2.45) is 11.3 Å². The van der Waals surface area contributed by atoms with Crippen LogP contribution < -0.4 is 5.32 Å². The van der Waals surface area contributed by atoms with Crippen molar-refractivity contribution in [2.45, 2.75) is 58.7 Å². The molecule has 33 heavy (non-hydrogen) atoms. The van der Waals surface area contributed by atoms with E-state index in [1.807, 2.05) is 60.7 Å². The van der Waals surface area contributed by atoms with Gasteiger partial charge in [-0.15, -0.1) is 0 Å². The first-order chi connectivity index (χ1) is 15.7. The maximum Gasteiger partial charge on any atom is 0.325 e. The lowest BCUT2D eigenvalue weighted by Gasteiger charge is -2.43. The fraction of sp³-hybridized carbons (Fsp3) is 0.444. The lowest BCUT2D eigenvalue weighted by Crippen LogP contribution is -2.54. The molecule has 1 aliphatic carbocycles. The largest absolute Gasteiger partial charge is 0.332 e. The monoisotopic (exact) mass is 447 g/mol. The molecule has 6 nitrogen and oxygen atoms in total. The van der Waals surface area contributed by atoms with Crippen LogP contribution in [0.5, 0.6) is 0 Å². The van der Waals surface area contributed by atoms with Gasteiger partial charge in [0.15, 0.2) is 0 Å². The number of urea groups is 1. The summed E-state index contributed by atoms with van der Waals surface area (Å²) in [5.74, 6) is -0.187. The van der Waals surface area contributed by atoms with Gasteiger partial charge in [0.05, 0.1) is 0 Å². The van der Waals surface area contributed by atoms with E-state index in [1.165, 1.54) is 0 Å². The van der Waals surface area contributed by atoms with Crippen molar-refractivity contribution in [2.75, 3.05) is 6.54 Å². The predicted octanol–water partition coefficient (Wildman–Crippen LogP) is 4.35. The number of hydrogen-bond acceptors (Lipinski definition) is 3. The molecule has 2 atom stereocenters. The molecule has 1 spiro atoms. The third-order valence-electron chi connectivity index (χ3n) is 6.70. The Balaban J connectivity index is 1.53. The first kappa shape index (κ1) is 23.0. The fourth-order valence-corrected chi connectivity index (χ4v) is 5.72. The van der Waals surface area contributed by atoms with Crippen molar-refractivity contribution in [3.05, 3.63) is 71.8 Å². The number of rotatable bonds is 6. The van der Waals surface area contributed by atoms with E-state index >= 15 is 0 Å². The van der Waals surface area contributed by atoms with Gasteiger partial charge in [0.25, 0.3) is 5.91 Å². The van der Waals surface area contributed by atoms with E-state index < -0.39 is 11.6 Å². The molecule has 174 valence electrons. The molecule has 1 aliphatic heterocycles. The van der Waals surface area contributed by atoms with Crippen LogP contribution in [0, 0.1) is 11.3 Å². The van der Waals surface area contributed by atoms with Crippen LogP contribution in [0.2, 0.25) is 0 Å². The minimum atomic E-state index is -0.901. The van der Waals surface area contributed by atoms with E-state index in [9.17, 15) is 14.4 Å². The molecule has 0 aromatic heterocycles. The topological polar surface area (TPSA) is 69.7 Å². The molecule has 1 heterocycles. The second-order valence-corrected chi connectivity index (χ2v) is 10.5. The summed E-state index contributed by atoms with van der Waals surface area (Å²) in [6, 6.07) is 19.1. The van der Waals surface area contributed by atoms with Gasteiger partial charge in [-0.1, -0.05) is 81.4 Å². The van der Waals surface area contributed by atoms with Gasteiger partial charge in [-0.25, -0.2) is 4.79 Å². The summed E-state index contributed by atoms with van der Waals surface area (Å²) >= 11 is 0. The first-order valence-electron chi connectivity index (χ1n) is 11.7. The molecule has 1 N–H and O–H groups in total. The van der Waals surface area contributed by atoms with Crippen molar-refractivity contribution < 1.29 is 14.4 Å². The molecule has 4 amide bonds. The van der Waals surface area contributed by atoms with E-state index in [0.717, 1.165) is 22.4 Å². The highest BCUT2D eigenvalue weighted by Gasteiger charge is 2.56. The smallest absolute Gasteiger partial charge is 0.325 e. The number of nitrogens with one attached hydrogen (secondary N) is 1. The second kappa shape index (κ2) is 9.00. The van der Waals surface area contributed by atoms with Crippen molar-refractivity contribution >= 4 is 17.8 Å². The molecule has 2 aromatic rings. The molecule has 0 bridgehead atoms. The Labute approximate surface area is 196 Å². The van der Waals surface area contributed by atoms with Gasteiger partial charge in [-0.2, -0.15) is 0 Å². The molecular formula is C27H33N3O3. The molecule has 0 radical (unpaired) electrons. The van der Waals surface area contributed by atoms with E-state index in [2.05, 4.69) is 26.1 Å². The summed E-state index contributed by atoms with van der Waals surface area (Å²) in [5, 5.41) is 2.97. The summed E-state index contributed by atoms with van der Waals surface area (Å²) in [6.45, 7) is 6.97. The Morgan fingerprint density at radius 3 is 2.03 bits per heavy atom. The predicted molar refractivity (Wildman–Crippen MR) is 127 cm³/mol. The molecule has 0 unspecified atom stereocenters. The number of imide groups is 1. The van der Waals surface area contributed by atoms with Gasteiger partial charge in [-0.05, 0) is 41.7 Å². The number of benzene rings is 2. The van der Waals surface area contributed by atoms with Gasteiger partial charge in [-0.3, -0.25) is 14.5 Å². The maximum atomic E-state index is 13.5. The number of hydrogen-bond donors (Lipinski definition) is 1. The number of carbonyl (C=O) groups is 3. The molecule has 2 aliphatic rings. The van der Waals surface area contributed by atoms with Crippen LogP contribution in [0.1, 0.15) is 51.2 Å². The number of nitrogens with zero attached hydrogens (tertiary/aromatic N) is 2. The molecule has 1 saturated carbocycles. The third-order valence-corrected chi connectivity index (χ3v) is 6.70. The minimum Gasteiger partial charge on any atom is -0.332 e. The molecule has 6 heteroatoms. The first-order valence-corrected chi connectivity index (χ1v) is 11.7. The van der Waals surface area contributed by atoms with Gasteiger partial charge in [0.2, 0.25) is 5.91 Å². The second-order valence-electron chi connectivity index (χ2n) is 10.5. The van der Waals surface area contributed by atoms with Crippen LogP contribution in [-0.4, -0.2) is 39.7 Å². The standard InChI is InChI=1S/C27H33N3O3/c1-20-14-26(2,3)19-27(15-20)24(32)30(25(33)28-27)18-23(31)29(16-21-10-6-4-7-11-21)17-22-12-8-5-9-13-22/h4-13,20H,14-19H2,1-3H3,(H,28,33)/t20-,27-/m0/s1. The molecule has 2 aromatic carbocycles. The van der Waals surface area contributed by atoms with Gasteiger partial charge in [0.1, 0.15) is 12.1 Å². The van der Waals surface area contributed by atoms with E-state index in [1.54, 1.807) is 4.90 Å². The van der Waals surface area contributed by atoms with Gasteiger partial charge >= 0.3 is 6.03 Å². The highest BCUT2D eigenvalue weighted by molar-refractivity contribution is 6.09. The van der Waals surface area contributed by atoms with Crippen molar-refractivity contribution in [1.82, 2.24) is 15.1 Å². The zero-order chi connectivity index (χ0) is 23.6. The van der Waals surface area contributed by atoms with E-state index in [-0.39, 0.29) is 23.8 Å². The normalized spacial score (nSPS) is 24.1. The zero-order valence-electron chi connectivity index (χ0n) is 19.7. The molecule has 4 rings (SSSR count). The third kappa shape index (κ3) is 5.10. The van der Waals surface area contributed by atoms with Crippen LogP contribution in [-0.2, 0) is 22.7 Å². The minimum absolute atomic E-state index is 0.0483. The molecular weight excluding hydrogens is 414 g/mol. The number of amides is 4. The average Bonchev–Trinajstić information content (AvgIpc) is 2.96. The van der Waals surface area contributed by atoms with Crippen LogP contribution >= 0.6 is 0 Å². The summed E-state index contributed by atoms with van der Waals surface area (Å²) in [7, 11) is 0. The lowest BCUT2D eigenvalue weighted by molar-refractivity contribution is -0.141. The Morgan fingerprint density at radius 1 is 0.970 bits per heavy atom. The van der Waals surface area contributed by atoms with Crippen LogP contribution in [0.4, 0.5) is 4.79 Å². The van der Waals surface area contributed by atoms with Crippen molar-refractivity contribution in [1.29, 1.82) is 0 Å². The highest BCUT2D eigenvalue weighted by Crippen LogP contribution is 2.46. The summed E-state index contributed by atoms with van der Waals surface area (Å²) < 4.78 is 0. The van der Waals surface area contributed by atoms with Crippen molar-refractivity contribution in [3.63, 3.8) is 0 Å². The van der Waals surface area contributed by atoms with Gasteiger partial charge in [0, 0.05) is 13.1 Å². The summed E-state index contributed by atoms with van der Waals surface area (Å²) in [4.78, 5) is 42.6. The Hall–Kier alpha value is -3.15. The van der Waals surface area contributed by atoms with Crippen LogP contribution in [0.25, 0.3) is 0 Å². The highest BCUT2D eigenvalue weighted by atomic mass is 16.2. The Kier molecular flexibility index (Phi) is 6.28. The summed E-state index contributed by atoms with van der Waals surface area (Å²) in [6.07, 6.45) is 2.22. The fourth-order valence-electron chi connectivity index (χ4n) is 5.72. The van der Waals surface area contributed by atoms with E-state index in [0.29, 0.717) is 31.8 Å². The lowest BCUT2D eigenvalue weighted by atomic mass is 9.64. The SMILES string of the molecule is C[C@H]1CC(C)(C)C[C@]2(C1)NC(=O)N(CC(=O)N(Cc1ccccc1)Cc1ccccc1)C2=O. The summed E-state index contributed by atoms with van der Waals surface area (Å²) in [5.41, 5.74) is 1.05. The molecule has 2 fully saturated rings. The van der Waals surface area contributed by atoms with Crippen LogP contribution in [0.15, 0.2) is 60.7 Å². The quantitative estimate of drug-likeness (QED) is 0.669. The van der Waals surface area contributed by atoms with E-state index in [4.69, 9.17) is 0 Å². The maximum absolute atomic E-state index is 13.5. The van der Waals surface area contributed by atoms with Crippen molar-refractivity contribution in [3.8, 4) is 0 Å². The molecule has 1 saturated heterocycles. The van der Waals surface area contributed by atoms with Gasteiger partial charge < -0.3 is 10.2 Å². The zero-order valence-corrected chi connectivity index (χ0v) is 19.7. The van der Waals surface area contributed by atoms with Crippen LogP contribution in [0.3, 0.4) is 0 Å². The number of carbonyl (C=O) groups excluding carboxylic acids is 3. The average molecular weight is 448 g/mol.